The van der Waals surface area contributed by atoms with Crippen molar-refractivity contribution in [1.82, 2.24) is 0 Å². The average Bonchev–Trinajstić information content (AvgIpc) is 2.66. The van der Waals surface area contributed by atoms with Gasteiger partial charge in [0, 0.05) is 11.6 Å². The molecule has 27 heavy (non-hydrogen) atoms. The number of nitrogens with zero attached hydrogens (tertiary/aromatic N) is 1. The molecule has 140 valence electrons. The second-order valence-corrected chi connectivity index (χ2v) is 5.21. The number of nitrogens with two attached hydrogens (primary N) is 1. The van der Waals surface area contributed by atoms with Gasteiger partial charge in [0.1, 0.15) is 5.75 Å². The molecule has 0 unspecified atom stereocenters. The van der Waals surface area contributed by atoms with Crippen molar-refractivity contribution in [3.8, 4) is 5.75 Å². The van der Waals surface area contributed by atoms with Gasteiger partial charge in [-0.1, -0.05) is 0 Å². The van der Waals surface area contributed by atoms with Crippen LogP contribution >= 0.6 is 0 Å². The number of primary amides is 1. The Morgan fingerprint density at radius 3 is 2.30 bits per heavy atom. The highest BCUT2D eigenvalue weighted by Crippen LogP contribution is 2.28. The number of non-ortho nitro benzene ring substituents is 1. The van der Waals surface area contributed by atoms with Crippen molar-refractivity contribution in [3.05, 3.63) is 63.7 Å². The normalized spacial score (nSPS) is 9.96. The molecule has 3 N–H and O–H groups in total. The fraction of sp³-hybridized carbons (Fsp3) is 0.118. The minimum atomic E-state index is -0.767. The second kappa shape index (κ2) is 8.43. The summed E-state index contributed by atoms with van der Waals surface area (Å²) < 4.78 is 9.88. The van der Waals surface area contributed by atoms with Crippen LogP contribution in [0.3, 0.4) is 0 Å². The summed E-state index contributed by atoms with van der Waals surface area (Å²) in [5, 5.41) is 13.2. The number of benzene rings is 2. The first kappa shape index (κ1) is 19.4. The van der Waals surface area contributed by atoms with Crippen LogP contribution in [0.25, 0.3) is 0 Å². The SMILES string of the molecule is COc1cc([N+](=O)[O-])ccc1NC(=O)COC(=O)c1ccc(C(N)=O)cc1. The number of nitrogens with one attached hydrogen (secondary N) is 1. The molecule has 0 atom stereocenters. The van der Waals surface area contributed by atoms with Gasteiger partial charge in [-0.25, -0.2) is 4.79 Å². The average molecular weight is 373 g/mol. The topological polar surface area (TPSA) is 151 Å². The Balaban J connectivity index is 1.96. The molecule has 10 heteroatoms. The summed E-state index contributed by atoms with van der Waals surface area (Å²) in [6.07, 6.45) is 0. The van der Waals surface area contributed by atoms with Gasteiger partial charge in [-0.3, -0.25) is 19.7 Å². The molecule has 0 fully saturated rings. The summed E-state index contributed by atoms with van der Waals surface area (Å²) in [6, 6.07) is 9.08. The zero-order chi connectivity index (χ0) is 20.0. The molecule has 2 aromatic carbocycles. The van der Waals surface area contributed by atoms with E-state index in [1.54, 1.807) is 0 Å². The van der Waals surface area contributed by atoms with E-state index in [-0.39, 0.29) is 28.3 Å². The van der Waals surface area contributed by atoms with Crippen LogP contribution in [-0.2, 0) is 9.53 Å². The number of amides is 2. The number of carbonyl (C=O) groups excluding carboxylic acids is 3. The first-order valence-corrected chi connectivity index (χ1v) is 7.51. The maximum atomic E-state index is 11.9. The van der Waals surface area contributed by atoms with Crippen LogP contribution in [0.1, 0.15) is 20.7 Å². The van der Waals surface area contributed by atoms with Gasteiger partial charge in [-0.05, 0) is 30.3 Å². The molecule has 0 aliphatic carbocycles. The summed E-state index contributed by atoms with van der Waals surface area (Å²) in [5.41, 5.74) is 5.47. The van der Waals surface area contributed by atoms with Gasteiger partial charge >= 0.3 is 5.97 Å². The third kappa shape index (κ3) is 5.01. The van der Waals surface area contributed by atoms with E-state index < -0.39 is 29.3 Å². The summed E-state index contributed by atoms with van der Waals surface area (Å²) in [5.74, 6) is -1.97. The Bertz CT molecular complexity index is 894. The van der Waals surface area contributed by atoms with Crippen LogP contribution < -0.4 is 15.8 Å². The molecule has 0 heterocycles. The van der Waals surface area contributed by atoms with Gasteiger partial charge in [-0.2, -0.15) is 0 Å². The highest BCUT2D eigenvalue weighted by atomic mass is 16.6. The number of hydrogen-bond donors (Lipinski definition) is 2. The lowest BCUT2D eigenvalue weighted by Gasteiger charge is -2.10. The van der Waals surface area contributed by atoms with Crippen molar-refractivity contribution >= 4 is 29.2 Å². The monoisotopic (exact) mass is 373 g/mol. The van der Waals surface area contributed by atoms with Crippen molar-refractivity contribution in [3.63, 3.8) is 0 Å². The van der Waals surface area contributed by atoms with Crippen LogP contribution in [0.5, 0.6) is 5.75 Å². The molecule has 0 aliphatic rings. The van der Waals surface area contributed by atoms with Crippen molar-refractivity contribution in [2.45, 2.75) is 0 Å². The van der Waals surface area contributed by atoms with E-state index in [0.29, 0.717) is 0 Å². The Morgan fingerprint density at radius 1 is 1.11 bits per heavy atom. The molecular formula is C17H15N3O7. The Morgan fingerprint density at radius 2 is 1.74 bits per heavy atom. The number of ether oxygens (including phenoxy) is 2. The fourth-order valence-electron chi connectivity index (χ4n) is 2.07. The zero-order valence-corrected chi connectivity index (χ0v) is 14.1. The standard InChI is InChI=1S/C17H15N3O7/c1-26-14-8-12(20(24)25)6-7-13(14)19-15(21)9-27-17(23)11-4-2-10(3-5-11)16(18)22/h2-8H,9H2,1H3,(H2,18,22)(H,19,21). The highest BCUT2D eigenvalue weighted by Gasteiger charge is 2.15. The first-order chi connectivity index (χ1) is 12.8. The number of nitro groups is 1. The Labute approximate surface area is 153 Å². The molecule has 10 nitrogen and oxygen atoms in total. The zero-order valence-electron chi connectivity index (χ0n) is 14.1. The first-order valence-electron chi connectivity index (χ1n) is 7.51. The number of nitro benzene ring substituents is 1. The third-order valence-electron chi connectivity index (χ3n) is 3.41. The van der Waals surface area contributed by atoms with Crippen molar-refractivity contribution in [1.29, 1.82) is 0 Å². The van der Waals surface area contributed by atoms with Gasteiger partial charge in [0.2, 0.25) is 5.91 Å². The van der Waals surface area contributed by atoms with Crippen LogP contribution in [-0.4, -0.2) is 36.4 Å². The van der Waals surface area contributed by atoms with Crippen LogP contribution in [0.2, 0.25) is 0 Å². The molecule has 0 aromatic heterocycles. The molecular weight excluding hydrogens is 358 g/mol. The van der Waals surface area contributed by atoms with Gasteiger partial charge in [-0.15, -0.1) is 0 Å². The lowest BCUT2D eigenvalue weighted by Crippen LogP contribution is -2.21. The molecule has 0 saturated heterocycles. The maximum Gasteiger partial charge on any atom is 0.338 e. The van der Waals surface area contributed by atoms with E-state index >= 15 is 0 Å². The van der Waals surface area contributed by atoms with E-state index in [0.717, 1.165) is 6.07 Å². The predicted molar refractivity (Wildman–Crippen MR) is 93.5 cm³/mol. The van der Waals surface area contributed by atoms with Crippen molar-refractivity contribution in [2.24, 2.45) is 5.73 Å². The van der Waals surface area contributed by atoms with Crippen LogP contribution in [0, 0.1) is 10.1 Å². The molecule has 2 aromatic rings. The van der Waals surface area contributed by atoms with Gasteiger partial charge in [0.25, 0.3) is 11.6 Å². The molecule has 0 radical (unpaired) electrons. The maximum absolute atomic E-state index is 11.9. The molecule has 2 rings (SSSR count). The fourth-order valence-corrected chi connectivity index (χ4v) is 2.07. The van der Waals surface area contributed by atoms with E-state index in [4.69, 9.17) is 15.2 Å². The summed E-state index contributed by atoms with van der Waals surface area (Å²) in [6.45, 7) is -0.587. The van der Waals surface area contributed by atoms with E-state index in [1.165, 1.54) is 43.5 Å². The molecule has 0 aliphatic heterocycles. The number of carbonyl (C=O) groups is 3. The summed E-state index contributed by atoms with van der Waals surface area (Å²) in [4.78, 5) is 45.0. The largest absolute Gasteiger partial charge is 0.494 e. The van der Waals surface area contributed by atoms with E-state index in [1.807, 2.05) is 0 Å². The van der Waals surface area contributed by atoms with Gasteiger partial charge in [0.15, 0.2) is 6.61 Å². The Hall–Kier alpha value is -3.95. The highest BCUT2D eigenvalue weighted by molar-refractivity contribution is 5.97. The number of hydrogen-bond acceptors (Lipinski definition) is 7. The lowest BCUT2D eigenvalue weighted by molar-refractivity contribution is -0.384. The van der Waals surface area contributed by atoms with Crippen molar-refractivity contribution < 1.29 is 28.8 Å². The van der Waals surface area contributed by atoms with E-state index in [9.17, 15) is 24.5 Å². The lowest BCUT2D eigenvalue weighted by atomic mass is 10.1. The van der Waals surface area contributed by atoms with Crippen LogP contribution in [0.15, 0.2) is 42.5 Å². The summed E-state index contributed by atoms with van der Waals surface area (Å²) in [7, 11) is 1.30. The number of methoxy groups -OCH3 is 1. The number of anilines is 1. The number of rotatable bonds is 7. The molecule has 2 amide bonds. The Kier molecular flexibility index (Phi) is 6.05. The molecule has 0 spiro atoms. The van der Waals surface area contributed by atoms with E-state index in [2.05, 4.69) is 5.32 Å². The predicted octanol–water partition coefficient (Wildman–Crippen LogP) is 1.50. The smallest absolute Gasteiger partial charge is 0.338 e. The van der Waals surface area contributed by atoms with Crippen LogP contribution in [0.4, 0.5) is 11.4 Å². The minimum absolute atomic E-state index is 0.0888. The number of esters is 1. The van der Waals surface area contributed by atoms with Gasteiger partial charge < -0.3 is 20.5 Å². The minimum Gasteiger partial charge on any atom is -0.494 e. The third-order valence-corrected chi connectivity index (χ3v) is 3.41. The molecule has 0 bridgehead atoms. The quantitative estimate of drug-likeness (QED) is 0.424. The second-order valence-electron chi connectivity index (χ2n) is 5.21. The molecule has 0 saturated carbocycles. The van der Waals surface area contributed by atoms with Gasteiger partial charge in [0.05, 0.1) is 29.4 Å². The van der Waals surface area contributed by atoms with Crippen molar-refractivity contribution in [2.75, 3.05) is 19.0 Å². The summed E-state index contributed by atoms with van der Waals surface area (Å²) >= 11 is 0.